The number of aromatic hydroxyl groups is 1. The second-order valence-corrected chi connectivity index (χ2v) is 4.31. The van der Waals surface area contributed by atoms with E-state index in [1.165, 1.54) is 0 Å². The van der Waals surface area contributed by atoms with Crippen LogP contribution in [-0.2, 0) is 13.0 Å². The molecule has 18 heavy (non-hydrogen) atoms. The van der Waals surface area contributed by atoms with Crippen molar-refractivity contribution in [1.82, 2.24) is 0 Å². The summed E-state index contributed by atoms with van der Waals surface area (Å²) >= 11 is 0. The van der Waals surface area contributed by atoms with Crippen LogP contribution >= 0.6 is 0 Å². The van der Waals surface area contributed by atoms with Gasteiger partial charge in [-0.3, -0.25) is 0 Å². The molecule has 2 aromatic carbocycles. The Morgan fingerprint density at radius 1 is 1.06 bits per heavy atom. The first kappa shape index (κ1) is 12.5. The fraction of sp³-hybridized carbons (Fsp3) is 0.250. The minimum Gasteiger partial charge on any atom is -0.508 e. The van der Waals surface area contributed by atoms with Gasteiger partial charge in [0.15, 0.2) is 0 Å². The Morgan fingerprint density at radius 2 is 1.83 bits per heavy atom. The number of hydrogen-bond donors (Lipinski definition) is 1. The molecular weight excluding hydrogens is 224 g/mol. The minimum absolute atomic E-state index is 0.322. The highest BCUT2D eigenvalue weighted by Crippen LogP contribution is 2.25. The molecule has 2 aromatic rings. The summed E-state index contributed by atoms with van der Waals surface area (Å²) in [6, 6.07) is 15.5. The van der Waals surface area contributed by atoms with Crippen LogP contribution < -0.4 is 4.74 Å². The predicted octanol–water partition coefficient (Wildman–Crippen LogP) is 3.92. The van der Waals surface area contributed by atoms with Gasteiger partial charge in [-0.05, 0) is 23.6 Å². The maximum Gasteiger partial charge on any atom is 0.123 e. The molecule has 0 saturated heterocycles. The molecule has 0 fully saturated rings. The van der Waals surface area contributed by atoms with Gasteiger partial charge in [0.2, 0.25) is 0 Å². The van der Waals surface area contributed by atoms with E-state index in [4.69, 9.17) is 4.74 Å². The van der Waals surface area contributed by atoms with Crippen molar-refractivity contribution >= 4 is 0 Å². The molecule has 0 atom stereocenters. The van der Waals surface area contributed by atoms with Crippen molar-refractivity contribution in [3.05, 3.63) is 59.7 Å². The lowest BCUT2D eigenvalue weighted by molar-refractivity contribution is 0.304. The van der Waals surface area contributed by atoms with Gasteiger partial charge in [-0.15, -0.1) is 0 Å². The number of ether oxygens (including phenoxy) is 1. The van der Waals surface area contributed by atoms with Gasteiger partial charge in [0.25, 0.3) is 0 Å². The van der Waals surface area contributed by atoms with E-state index in [0.29, 0.717) is 18.1 Å². The summed E-state index contributed by atoms with van der Waals surface area (Å²) in [7, 11) is 0. The predicted molar refractivity (Wildman–Crippen MR) is 72.9 cm³/mol. The molecule has 1 N–H and O–H groups in total. The van der Waals surface area contributed by atoms with Crippen LogP contribution in [0.3, 0.4) is 0 Å². The normalized spacial score (nSPS) is 10.3. The van der Waals surface area contributed by atoms with Crippen LogP contribution in [0.4, 0.5) is 0 Å². The van der Waals surface area contributed by atoms with E-state index < -0.39 is 0 Å². The molecule has 0 aromatic heterocycles. The van der Waals surface area contributed by atoms with Crippen molar-refractivity contribution in [2.45, 2.75) is 26.4 Å². The molecule has 94 valence electrons. The molecule has 2 nitrogen and oxygen atoms in total. The molecule has 2 heteroatoms. The van der Waals surface area contributed by atoms with E-state index in [1.807, 2.05) is 42.5 Å². The summed E-state index contributed by atoms with van der Waals surface area (Å²) in [5.41, 5.74) is 2.10. The molecule has 0 aliphatic rings. The first-order chi connectivity index (χ1) is 8.79. The van der Waals surface area contributed by atoms with Crippen LogP contribution in [0.25, 0.3) is 0 Å². The molecule has 0 bridgehead atoms. The monoisotopic (exact) mass is 242 g/mol. The molecule has 0 amide bonds. The van der Waals surface area contributed by atoms with Crippen LogP contribution in [0.2, 0.25) is 0 Å². The Bertz CT molecular complexity index is 492. The number of phenols is 1. The number of rotatable bonds is 5. The van der Waals surface area contributed by atoms with Crippen LogP contribution in [0.5, 0.6) is 11.5 Å². The second-order valence-electron chi connectivity index (χ2n) is 4.31. The lowest BCUT2D eigenvalue weighted by Gasteiger charge is -2.09. The average molecular weight is 242 g/mol. The van der Waals surface area contributed by atoms with Crippen molar-refractivity contribution in [2.75, 3.05) is 0 Å². The molecule has 0 saturated carbocycles. The Morgan fingerprint density at radius 3 is 2.50 bits per heavy atom. The smallest absolute Gasteiger partial charge is 0.123 e. The van der Waals surface area contributed by atoms with Crippen molar-refractivity contribution in [3.63, 3.8) is 0 Å². The number of hydrogen-bond acceptors (Lipinski definition) is 2. The largest absolute Gasteiger partial charge is 0.508 e. The highest BCUT2D eigenvalue weighted by Gasteiger charge is 2.02. The van der Waals surface area contributed by atoms with Crippen molar-refractivity contribution in [1.29, 1.82) is 0 Å². The number of benzene rings is 2. The number of aryl methyl sites for hydroxylation is 1. The topological polar surface area (TPSA) is 29.5 Å². The van der Waals surface area contributed by atoms with Gasteiger partial charge in [-0.2, -0.15) is 0 Å². The SMILES string of the molecule is CCCc1ccc(OCc2ccccc2)cc1O. The van der Waals surface area contributed by atoms with Gasteiger partial charge >= 0.3 is 0 Å². The third-order valence-corrected chi connectivity index (χ3v) is 2.82. The summed E-state index contributed by atoms with van der Waals surface area (Å²) in [4.78, 5) is 0. The average Bonchev–Trinajstić information content (AvgIpc) is 2.41. The van der Waals surface area contributed by atoms with Gasteiger partial charge in [-0.1, -0.05) is 49.7 Å². The molecular formula is C16H18O2. The van der Waals surface area contributed by atoms with Gasteiger partial charge in [0.05, 0.1) is 0 Å². The first-order valence-electron chi connectivity index (χ1n) is 6.28. The number of phenolic OH excluding ortho intramolecular Hbond substituents is 1. The van der Waals surface area contributed by atoms with Crippen LogP contribution in [0, 0.1) is 0 Å². The Hall–Kier alpha value is -1.96. The third kappa shape index (κ3) is 3.27. The summed E-state index contributed by atoms with van der Waals surface area (Å²) in [5, 5.41) is 9.84. The van der Waals surface area contributed by atoms with Gasteiger partial charge in [0, 0.05) is 6.07 Å². The maximum atomic E-state index is 9.84. The highest BCUT2D eigenvalue weighted by molar-refractivity contribution is 5.39. The van der Waals surface area contributed by atoms with Gasteiger partial charge in [0.1, 0.15) is 18.1 Å². The van der Waals surface area contributed by atoms with Crippen LogP contribution in [0.15, 0.2) is 48.5 Å². The molecule has 0 aliphatic carbocycles. The van der Waals surface area contributed by atoms with E-state index in [0.717, 1.165) is 24.0 Å². The van der Waals surface area contributed by atoms with E-state index in [9.17, 15) is 5.11 Å². The highest BCUT2D eigenvalue weighted by atomic mass is 16.5. The Balaban J connectivity index is 2.00. The second kappa shape index (κ2) is 6.10. The fourth-order valence-corrected chi connectivity index (χ4v) is 1.86. The summed E-state index contributed by atoms with van der Waals surface area (Å²) in [5.74, 6) is 1.03. The zero-order chi connectivity index (χ0) is 12.8. The van der Waals surface area contributed by atoms with Crippen LogP contribution in [-0.4, -0.2) is 5.11 Å². The molecule has 0 radical (unpaired) electrons. The third-order valence-electron chi connectivity index (χ3n) is 2.82. The minimum atomic E-state index is 0.322. The molecule has 0 heterocycles. The zero-order valence-corrected chi connectivity index (χ0v) is 10.6. The lowest BCUT2D eigenvalue weighted by Crippen LogP contribution is -1.95. The molecule has 0 spiro atoms. The Labute approximate surface area is 108 Å². The molecule has 2 rings (SSSR count). The van der Waals surface area contributed by atoms with Gasteiger partial charge in [-0.25, -0.2) is 0 Å². The van der Waals surface area contributed by atoms with Crippen LogP contribution in [0.1, 0.15) is 24.5 Å². The van der Waals surface area contributed by atoms with E-state index >= 15 is 0 Å². The Kier molecular flexibility index (Phi) is 4.24. The van der Waals surface area contributed by atoms with E-state index in [1.54, 1.807) is 6.07 Å². The lowest BCUT2D eigenvalue weighted by atomic mass is 10.1. The quantitative estimate of drug-likeness (QED) is 0.861. The first-order valence-corrected chi connectivity index (χ1v) is 6.28. The fourth-order valence-electron chi connectivity index (χ4n) is 1.86. The van der Waals surface area contributed by atoms with Crippen molar-refractivity contribution < 1.29 is 9.84 Å². The summed E-state index contributed by atoms with van der Waals surface area (Å²) in [6.07, 6.45) is 1.92. The van der Waals surface area contributed by atoms with E-state index in [-0.39, 0.29) is 0 Å². The van der Waals surface area contributed by atoms with Gasteiger partial charge < -0.3 is 9.84 Å². The van der Waals surface area contributed by atoms with Crippen molar-refractivity contribution in [3.8, 4) is 11.5 Å². The zero-order valence-electron chi connectivity index (χ0n) is 10.6. The standard InChI is InChI=1S/C16H18O2/c1-2-6-14-9-10-15(11-16(14)17)18-12-13-7-4-3-5-8-13/h3-5,7-11,17H,2,6,12H2,1H3. The van der Waals surface area contributed by atoms with E-state index in [2.05, 4.69) is 6.92 Å². The summed E-state index contributed by atoms with van der Waals surface area (Å²) in [6.45, 7) is 2.62. The summed E-state index contributed by atoms with van der Waals surface area (Å²) < 4.78 is 5.65. The maximum absolute atomic E-state index is 9.84. The molecule has 0 aliphatic heterocycles. The molecule has 0 unspecified atom stereocenters. The van der Waals surface area contributed by atoms with Crippen molar-refractivity contribution in [2.24, 2.45) is 0 Å².